The fourth-order valence-electron chi connectivity index (χ4n) is 3.59. The van der Waals surface area contributed by atoms with Crippen LogP contribution < -0.4 is 5.56 Å². The van der Waals surface area contributed by atoms with Crippen molar-refractivity contribution in [2.45, 2.75) is 33.6 Å². The standard InChI is InChI=1S/C23H29N3O4/c1-5-30-23(29)25-13-11-24(12-14-25)21(27)20-17(4)9-10-26(22(20)28)19-8-6-7-18(15-19)16(2)3/h6-10,15-16H,5,11-14H2,1-4H3. The maximum absolute atomic E-state index is 13.2. The molecule has 0 radical (unpaired) electrons. The van der Waals surface area contributed by atoms with Crippen LogP contribution in [0.1, 0.15) is 48.2 Å². The monoisotopic (exact) mass is 411 g/mol. The predicted molar refractivity (Wildman–Crippen MR) is 115 cm³/mol. The maximum Gasteiger partial charge on any atom is 0.409 e. The average molecular weight is 412 g/mol. The van der Waals surface area contributed by atoms with E-state index in [1.165, 1.54) is 4.57 Å². The second-order valence-electron chi connectivity index (χ2n) is 7.78. The summed E-state index contributed by atoms with van der Waals surface area (Å²) in [5.41, 5.74) is 2.37. The summed E-state index contributed by atoms with van der Waals surface area (Å²) < 4.78 is 6.55. The number of rotatable bonds is 4. The van der Waals surface area contributed by atoms with Crippen molar-refractivity contribution in [1.29, 1.82) is 0 Å². The Kier molecular flexibility index (Phi) is 6.59. The van der Waals surface area contributed by atoms with Crippen LogP contribution in [0.15, 0.2) is 41.3 Å². The van der Waals surface area contributed by atoms with Gasteiger partial charge in [-0.3, -0.25) is 14.2 Å². The first kappa shape index (κ1) is 21.6. The Bertz CT molecular complexity index is 988. The number of aromatic nitrogens is 1. The molecule has 1 aromatic carbocycles. The second kappa shape index (κ2) is 9.15. The highest BCUT2D eigenvalue weighted by Gasteiger charge is 2.28. The zero-order valence-electron chi connectivity index (χ0n) is 18.1. The first-order valence-corrected chi connectivity index (χ1v) is 10.4. The van der Waals surface area contributed by atoms with Crippen LogP contribution >= 0.6 is 0 Å². The van der Waals surface area contributed by atoms with Crippen molar-refractivity contribution in [2.75, 3.05) is 32.8 Å². The first-order chi connectivity index (χ1) is 14.3. The van der Waals surface area contributed by atoms with Gasteiger partial charge in [0.15, 0.2) is 0 Å². The van der Waals surface area contributed by atoms with Crippen LogP contribution in [-0.2, 0) is 4.74 Å². The molecule has 0 N–H and O–H groups in total. The number of nitrogens with zero attached hydrogens (tertiary/aromatic N) is 3. The van der Waals surface area contributed by atoms with Gasteiger partial charge in [-0.2, -0.15) is 0 Å². The number of hydrogen-bond donors (Lipinski definition) is 0. The van der Waals surface area contributed by atoms with Gasteiger partial charge < -0.3 is 14.5 Å². The molecule has 7 nitrogen and oxygen atoms in total. The van der Waals surface area contributed by atoms with Gasteiger partial charge in [0.25, 0.3) is 11.5 Å². The third-order valence-electron chi connectivity index (χ3n) is 5.42. The van der Waals surface area contributed by atoms with Gasteiger partial charge in [-0.1, -0.05) is 26.0 Å². The first-order valence-electron chi connectivity index (χ1n) is 10.4. The Labute approximate surface area is 176 Å². The molecule has 2 aromatic rings. The van der Waals surface area contributed by atoms with Gasteiger partial charge in [-0.25, -0.2) is 4.79 Å². The lowest BCUT2D eigenvalue weighted by molar-refractivity contribution is 0.0568. The highest BCUT2D eigenvalue weighted by molar-refractivity contribution is 5.95. The molecule has 0 unspecified atom stereocenters. The molecule has 30 heavy (non-hydrogen) atoms. The fraction of sp³-hybridized carbons (Fsp3) is 0.435. The van der Waals surface area contributed by atoms with Crippen LogP contribution in [0.3, 0.4) is 0 Å². The number of benzene rings is 1. The van der Waals surface area contributed by atoms with Gasteiger partial charge in [0.2, 0.25) is 0 Å². The average Bonchev–Trinajstić information content (AvgIpc) is 2.74. The van der Waals surface area contributed by atoms with E-state index >= 15 is 0 Å². The van der Waals surface area contributed by atoms with Crippen LogP contribution in [0.25, 0.3) is 5.69 Å². The molecule has 0 aliphatic carbocycles. The third-order valence-corrected chi connectivity index (χ3v) is 5.42. The van der Waals surface area contributed by atoms with Gasteiger partial charge in [0.1, 0.15) is 5.56 Å². The molecule has 1 saturated heterocycles. The Morgan fingerprint density at radius 2 is 1.73 bits per heavy atom. The summed E-state index contributed by atoms with van der Waals surface area (Å²) in [6.07, 6.45) is 1.35. The summed E-state index contributed by atoms with van der Waals surface area (Å²) in [7, 11) is 0. The smallest absolute Gasteiger partial charge is 0.409 e. The molecule has 160 valence electrons. The number of amides is 2. The van der Waals surface area contributed by atoms with Gasteiger partial charge in [-0.15, -0.1) is 0 Å². The van der Waals surface area contributed by atoms with Crippen molar-refractivity contribution < 1.29 is 14.3 Å². The Morgan fingerprint density at radius 3 is 2.37 bits per heavy atom. The number of aryl methyl sites for hydroxylation is 1. The minimum absolute atomic E-state index is 0.178. The summed E-state index contributed by atoms with van der Waals surface area (Å²) in [5, 5.41) is 0. The molecule has 0 saturated carbocycles. The number of ether oxygens (including phenoxy) is 1. The zero-order valence-corrected chi connectivity index (χ0v) is 18.1. The lowest BCUT2D eigenvalue weighted by Gasteiger charge is -2.34. The van der Waals surface area contributed by atoms with Crippen molar-refractivity contribution in [2.24, 2.45) is 0 Å². The molecule has 0 bridgehead atoms. The maximum atomic E-state index is 13.2. The molecule has 7 heteroatoms. The van der Waals surface area contributed by atoms with Crippen LogP contribution in [0.4, 0.5) is 4.79 Å². The summed E-state index contributed by atoms with van der Waals surface area (Å²) in [6.45, 7) is 9.57. The Morgan fingerprint density at radius 1 is 1.07 bits per heavy atom. The molecular formula is C23H29N3O4. The van der Waals surface area contributed by atoms with Crippen LogP contribution in [0.5, 0.6) is 0 Å². The van der Waals surface area contributed by atoms with Crippen LogP contribution in [0, 0.1) is 6.92 Å². The molecule has 2 heterocycles. The quantitative estimate of drug-likeness (QED) is 0.775. The molecule has 3 rings (SSSR count). The topological polar surface area (TPSA) is 71.8 Å². The summed E-state index contributed by atoms with van der Waals surface area (Å²) in [6, 6.07) is 9.60. The van der Waals surface area contributed by atoms with E-state index in [0.717, 1.165) is 11.3 Å². The van der Waals surface area contributed by atoms with Crippen LogP contribution in [-0.4, -0.2) is 59.2 Å². The predicted octanol–water partition coefficient (Wildman–Crippen LogP) is 3.18. The van der Waals surface area contributed by atoms with E-state index < -0.39 is 0 Å². The number of carbonyl (C=O) groups excluding carboxylic acids is 2. The van der Waals surface area contributed by atoms with E-state index in [9.17, 15) is 14.4 Å². The fourth-order valence-corrected chi connectivity index (χ4v) is 3.59. The highest BCUT2D eigenvalue weighted by atomic mass is 16.6. The highest BCUT2D eigenvalue weighted by Crippen LogP contribution is 2.18. The van der Waals surface area contributed by atoms with Crippen molar-refractivity contribution in [3.8, 4) is 5.69 Å². The van der Waals surface area contributed by atoms with E-state index in [1.807, 2.05) is 24.3 Å². The van der Waals surface area contributed by atoms with Crippen molar-refractivity contribution in [3.05, 3.63) is 63.6 Å². The minimum atomic E-state index is -0.368. The molecule has 1 fully saturated rings. The largest absolute Gasteiger partial charge is 0.450 e. The molecule has 0 atom stereocenters. The van der Waals surface area contributed by atoms with E-state index in [2.05, 4.69) is 13.8 Å². The lowest BCUT2D eigenvalue weighted by Crippen LogP contribution is -2.51. The lowest BCUT2D eigenvalue weighted by atomic mass is 10.0. The Hall–Kier alpha value is -3.09. The molecular weight excluding hydrogens is 382 g/mol. The Balaban J connectivity index is 1.86. The molecule has 1 aromatic heterocycles. The number of hydrogen-bond acceptors (Lipinski definition) is 4. The van der Waals surface area contributed by atoms with E-state index in [1.54, 1.807) is 35.9 Å². The second-order valence-corrected chi connectivity index (χ2v) is 7.78. The van der Waals surface area contributed by atoms with Crippen molar-refractivity contribution in [1.82, 2.24) is 14.4 Å². The van der Waals surface area contributed by atoms with E-state index in [0.29, 0.717) is 44.3 Å². The van der Waals surface area contributed by atoms with Crippen molar-refractivity contribution in [3.63, 3.8) is 0 Å². The molecule has 0 spiro atoms. The normalized spacial score (nSPS) is 14.2. The van der Waals surface area contributed by atoms with Gasteiger partial charge in [0, 0.05) is 38.1 Å². The van der Waals surface area contributed by atoms with Crippen LogP contribution in [0.2, 0.25) is 0 Å². The molecule has 2 amide bonds. The van der Waals surface area contributed by atoms with Gasteiger partial charge in [-0.05, 0) is 49.1 Å². The van der Waals surface area contributed by atoms with Crippen molar-refractivity contribution >= 4 is 12.0 Å². The zero-order chi connectivity index (χ0) is 21.8. The number of carbonyl (C=O) groups is 2. The molecule has 1 aliphatic heterocycles. The number of piperazine rings is 1. The summed E-state index contributed by atoms with van der Waals surface area (Å²) >= 11 is 0. The van der Waals surface area contributed by atoms with E-state index in [-0.39, 0.29) is 23.1 Å². The molecule has 1 aliphatic rings. The number of pyridine rings is 1. The van der Waals surface area contributed by atoms with Gasteiger partial charge in [0.05, 0.1) is 6.61 Å². The summed E-state index contributed by atoms with van der Waals surface area (Å²) in [5.74, 6) is 0.0401. The SMILES string of the molecule is CCOC(=O)N1CCN(C(=O)c2c(C)ccn(-c3cccc(C(C)C)c3)c2=O)CC1. The van der Waals surface area contributed by atoms with E-state index in [4.69, 9.17) is 4.74 Å². The minimum Gasteiger partial charge on any atom is -0.450 e. The third kappa shape index (κ3) is 4.40. The van der Waals surface area contributed by atoms with Gasteiger partial charge >= 0.3 is 6.09 Å². The summed E-state index contributed by atoms with van der Waals surface area (Å²) in [4.78, 5) is 41.5.